The van der Waals surface area contributed by atoms with Gasteiger partial charge < -0.3 is 5.73 Å². The van der Waals surface area contributed by atoms with E-state index in [1.807, 2.05) is 0 Å². The van der Waals surface area contributed by atoms with Crippen molar-refractivity contribution in [2.75, 3.05) is 5.73 Å². The summed E-state index contributed by atoms with van der Waals surface area (Å²) in [5, 5.41) is 7.61. The first-order valence-electron chi connectivity index (χ1n) is 5.70. The SMILES string of the molecule is Nc1cccc(-c2nnc3n2[C@H](C(F)(F)F)CC3)n1. The second kappa shape index (κ2) is 3.94. The van der Waals surface area contributed by atoms with Gasteiger partial charge in [0.25, 0.3) is 0 Å². The number of nitrogens with zero attached hydrogens (tertiary/aromatic N) is 4. The maximum atomic E-state index is 13.0. The van der Waals surface area contributed by atoms with E-state index in [4.69, 9.17) is 5.73 Å². The smallest absolute Gasteiger partial charge is 0.384 e. The summed E-state index contributed by atoms with van der Waals surface area (Å²) in [7, 11) is 0. The van der Waals surface area contributed by atoms with Crippen LogP contribution in [0.5, 0.6) is 0 Å². The number of aromatic nitrogens is 4. The monoisotopic (exact) mass is 269 g/mol. The minimum absolute atomic E-state index is 0.0102. The molecule has 100 valence electrons. The number of halogens is 3. The van der Waals surface area contributed by atoms with E-state index < -0.39 is 12.2 Å². The van der Waals surface area contributed by atoms with Crippen LogP contribution in [-0.2, 0) is 6.42 Å². The number of rotatable bonds is 1. The number of aryl methyl sites for hydroxylation is 1. The number of hydrogen-bond acceptors (Lipinski definition) is 4. The summed E-state index contributed by atoms with van der Waals surface area (Å²) >= 11 is 0. The first-order valence-corrected chi connectivity index (χ1v) is 5.70. The van der Waals surface area contributed by atoms with Crippen LogP contribution >= 0.6 is 0 Å². The Labute approximate surface area is 106 Å². The number of alkyl halides is 3. The molecule has 1 aliphatic heterocycles. The van der Waals surface area contributed by atoms with Gasteiger partial charge in [0.2, 0.25) is 0 Å². The van der Waals surface area contributed by atoms with Gasteiger partial charge in [0.1, 0.15) is 23.4 Å². The summed E-state index contributed by atoms with van der Waals surface area (Å²) in [5.74, 6) is 0.681. The molecule has 1 atom stereocenters. The van der Waals surface area contributed by atoms with Crippen molar-refractivity contribution in [1.82, 2.24) is 19.7 Å². The van der Waals surface area contributed by atoms with E-state index in [1.54, 1.807) is 18.2 Å². The standard InChI is InChI=1S/C11H10F3N5/c12-11(13,14)7-4-5-9-17-18-10(19(7)9)6-2-1-3-8(15)16-6/h1-3,7H,4-5H2,(H2,15,16)/t7-/m0/s1. The first kappa shape index (κ1) is 11.9. The molecule has 0 saturated carbocycles. The molecule has 0 saturated heterocycles. The summed E-state index contributed by atoms with van der Waals surface area (Å²) in [5.41, 5.74) is 5.84. The number of fused-ring (bicyclic) bond motifs is 1. The Morgan fingerprint density at radius 1 is 1.26 bits per heavy atom. The molecule has 2 N–H and O–H groups in total. The van der Waals surface area contributed by atoms with E-state index in [1.165, 1.54) is 0 Å². The third-order valence-electron chi connectivity index (χ3n) is 3.10. The highest BCUT2D eigenvalue weighted by Gasteiger charge is 2.46. The number of hydrogen-bond donors (Lipinski definition) is 1. The molecule has 3 rings (SSSR count). The highest BCUT2D eigenvalue weighted by Crippen LogP contribution is 2.41. The van der Waals surface area contributed by atoms with Crippen molar-refractivity contribution < 1.29 is 13.2 Å². The zero-order valence-corrected chi connectivity index (χ0v) is 9.72. The average Bonchev–Trinajstić information content (AvgIpc) is 2.87. The summed E-state index contributed by atoms with van der Waals surface area (Å²) in [6, 6.07) is 3.16. The summed E-state index contributed by atoms with van der Waals surface area (Å²) in [6.45, 7) is 0. The van der Waals surface area contributed by atoms with Gasteiger partial charge in [0, 0.05) is 6.42 Å². The number of anilines is 1. The molecule has 0 bridgehead atoms. The third-order valence-corrected chi connectivity index (χ3v) is 3.10. The Morgan fingerprint density at radius 2 is 2.05 bits per heavy atom. The van der Waals surface area contributed by atoms with Gasteiger partial charge in [0.05, 0.1) is 0 Å². The molecule has 5 nitrogen and oxygen atoms in total. The van der Waals surface area contributed by atoms with Gasteiger partial charge in [-0.05, 0) is 18.6 Å². The Hall–Kier alpha value is -2.12. The zero-order valence-electron chi connectivity index (χ0n) is 9.72. The Morgan fingerprint density at radius 3 is 2.74 bits per heavy atom. The van der Waals surface area contributed by atoms with Crippen LogP contribution in [0.1, 0.15) is 18.3 Å². The van der Waals surface area contributed by atoms with E-state index in [-0.39, 0.29) is 24.5 Å². The predicted molar refractivity (Wildman–Crippen MR) is 61.1 cm³/mol. The minimum atomic E-state index is -4.32. The Bertz CT molecular complexity index is 619. The van der Waals surface area contributed by atoms with Crippen LogP contribution in [0.2, 0.25) is 0 Å². The molecular formula is C11H10F3N5. The lowest BCUT2D eigenvalue weighted by Crippen LogP contribution is -2.24. The van der Waals surface area contributed by atoms with E-state index in [0.717, 1.165) is 4.57 Å². The van der Waals surface area contributed by atoms with Crippen LogP contribution in [0.25, 0.3) is 11.5 Å². The van der Waals surface area contributed by atoms with Crippen molar-refractivity contribution in [3.05, 3.63) is 24.0 Å². The van der Waals surface area contributed by atoms with Crippen molar-refractivity contribution >= 4 is 5.82 Å². The van der Waals surface area contributed by atoms with Gasteiger partial charge in [-0.2, -0.15) is 13.2 Å². The second-order valence-electron chi connectivity index (χ2n) is 4.35. The second-order valence-corrected chi connectivity index (χ2v) is 4.35. The lowest BCUT2D eigenvalue weighted by molar-refractivity contribution is -0.165. The number of nitrogens with two attached hydrogens (primary N) is 1. The topological polar surface area (TPSA) is 69.6 Å². The highest BCUT2D eigenvalue weighted by molar-refractivity contribution is 5.53. The highest BCUT2D eigenvalue weighted by atomic mass is 19.4. The van der Waals surface area contributed by atoms with Crippen molar-refractivity contribution in [3.63, 3.8) is 0 Å². The molecule has 8 heteroatoms. The maximum Gasteiger partial charge on any atom is 0.409 e. The van der Waals surface area contributed by atoms with E-state index in [2.05, 4.69) is 15.2 Å². The molecule has 1 aliphatic rings. The molecule has 0 unspecified atom stereocenters. The van der Waals surface area contributed by atoms with Gasteiger partial charge in [-0.1, -0.05) is 6.07 Å². The van der Waals surface area contributed by atoms with Crippen molar-refractivity contribution in [1.29, 1.82) is 0 Å². The van der Waals surface area contributed by atoms with E-state index >= 15 is 0 Å². The third kappa shape index (κ3) is 1.92. The zero-order chi connectivity index (χ0) is 13.6. The minimum Gasteiger partial charge on any atom is -0.384 e. The molecule has 2 aromatic rings. The van der Waals surface area contributed by atoms with E-state index in [9.17, 15) is 13.2 Å². The van der Waals surface area contributed by atoms with Crippen LogP contribution < -0.4 is 5.73 Å². The van der Waals surface area contributed by atoms with Gasteiger partial charge in [-0.3, -0.25) is 4.57 Å². The number of pyridine rings is 1. The molecule has 0 aliphatic carbocycles. The molecule has 2 aromatic heterocycles. The van der Waals surface area contributed by atoms with E-state index in [0.29, 0.717) is 11.5 Å². The van der Waals surface area contributed by atoms with Crippen LogP contribution in [0, 0.1) is 0 Å². The molecule has 0 amide bonds. The molecule has 3 heterocycles. The fraction of sp³-hybridized carbons (Fsp3) is 0.364. The molecule has 0 fully saturated rings. The largest absolute Gasteiger partial charge is 0.409 e. The Balaban J connectivity index is 2.11. The Kier molecular flexibility index (Phi) is 2.48. The fourth-order valence-electron chi connectivity index (χ4n) is 2.28. The summed E-state index contributed by atoms with van der Waals surface area (Å²) in [4.78, 5) is 4.00. The maximum absolute atomic E-state index is 13.0. The fourth-order valence-corrected chi connectivity index (χ4v) is 2.28. The molecule has 0 spiro atoms. The van der Waals surface area contributed by atoms with Crippen molar-refractivity contribution in [2.45, 2.75) is 25.1 Å². The number of nitrogen functional groups attached to an aromatic ring is 1. The van der Waals surface area contributed by atoms with Crippen LogP contribution in [0.3, 0.4) is 0 Å². The van der Waals surface area contributed by atoms with Gasteiger partial charge in [0.15, 0.2) is 5.82 Å². The lowest BCUT2D eigenvalue weighted by Gasteiger charge is -2.18. The average molecular weight is 269 g/mol. The molecule has 19 heavy (non-hydrogen) atoms. The summed E-state index contributed by atoms with van der Waals surface area (Å²) in [6.07, 6.45) is -4.06. The van der Waals surface area contributed by atoms with Crippen LogP contribution in [0.4, 0.5) is 19.0 Å². The van der Waals surface area contributed by atoms with Crippen LogP contribution in [0.15, 0.2) is 18.2 Å². The lowest BCUT2D eigenvalue weighted by atomic mass is 10.2. The molecule has 0 radical (unpaired) electrons. The predicted octanol–water partition coefficient (Wildman–Crippen LogP) is 1.97. The first-order chi connectivity index (χ1) is 8.97. The summed E-state index contributed by atoms with van der Waals surface area (Å²) < 4.78 is 40.0. The van der Waals surface area contributed by atoms with Gasteiger partial charge >= 0.3 is 6.18 Å². The molecular weight excluding hydrogens is 259 g/mol. The van der Waals surface area contributed by atoms with Crippen molar-refractivity contribution in [3.8, 4) is 11.5 Å². The van der Waals surface area contributed by atoms with Crippen molar-refractivity contribution in [2.24, 2.45) is 0 Å². The molecule has 0 aromatic carbocycles. The van der Waals surface area contributed by atoms with Crippen LogP contribution in [-0.4, -0.2) is 25.9 Å². The van der Waals surface area contributed by atoms with Gasteiger partial charge in [-0.25, -0.2) is 4.98 Å². The normalized spacial score (nSPS) is 18.6. The van der Waals surface area contributed by atoms with Gasteiger partial charge in [-0.15, -0.1) is 10.2 Å². The quantitative estimate of drug-likeness (QED) is 0.859.